The number of carbonyl (C=O) groups excluding carboxylic acids is 2. The molecule has 0 radical (unpaired) electrons. The largest absolute Gasteiger partial charge is 0.448 e. The minimum Gasteiger partial charge on any atom is -0.448 e. The lowest BCUT2D eigenvalue weighted by atomic mass is 10.1. The molecule has 0 aliphatic carbocycles. The van der Waals surface area contributed by atoms with Gasteiger partial charge in [-0.25, -0.2) is 0 Å². The van der Waals surface area contributed by atoms with E-state index in [1.165, 1.54) is 22.6 Å². The minimum atomic E-state index is -4.55. The molecular weight excluding hydrogens is 409 g/mol. The molecule has 8 heteroatoms. The van der Waals surface area contributed by atoms with Gasteiger partial charge in [-0.3, -0.25) is 14.9 Å². The quantitative estimate of drug-likeness (QED) is 0.341. The average Bonchev–Trinajstić information content (AvgIpc) is 2.75. The first-order chi connectivity index (χ1) is 14.7. The number of aryl methyl sites for hydroxylation is 1. The number of rotatable bonds is 10. The lowest BCUT2D eigenvalue weighted by Crippen LogP contribution is -2.38. The molecule has 0 bridgehead atoms. The van der Waals surface area contributed by atoms with E-state index in [-0.39, 0.29) is 25.4 Å². The van der Waals surface area contributed by atoms with Crippen molar-refractivity contribution in [2.24, 2.45) is 0 Å². The van der Waals surface area contributed by atoms with Crippen molar-refractivity contribution in [3.8, 4) is 0 Å². The molecular formula is C23H27F3N2O3. The number of alkyl halides is 3. The van der Waals surface area contributed by atoms with E-state index < -0.39 is 23.6 Å². The Morgan fingerprint density at radius 1 is 1.03 bits per heavy atom. The van der Waals surface area contributed by atoms with Crippen molar-refractivity contribution < 1.29 is 27.5 Å². The molecule has 168 valence electrons. The summed E-state index contributed by atoms with van der Waals surface area (Å²) in [6.07, 6.45) is -3.08. The van der Waals surface area contributed by atoms with Gasteiger partial charge in [-0.1, -0.05) is 44.2 Å². The van der Waals surface area contributed by atoms with E-state index in [9.17, 15) is 22.8 Å². The highest BCUT2D eigenvalue weighted by Crippen LogP contribution is 2.29. The highest BCUT2D eigenvalue weighted by Gasteiger charge is 2.31. The highest BCUT2D eigenvalue weighted by molar-refractivity contribution is 5.96. The molecule has 5 nitrogen and oxygen atoms in total. The van der Waals surface area contributed by atoms with Crippen LogP contribution in [0.4, 0.5) is 13.2 Å². The number of amides is 1. The Morgan fingerprint density at radius 2 is 1.74 bits per heavy atom. The number of halogens is 3. The van der Waals surface area contributed by atoms with E-state index in [0.717, 1.165) is 24.1 Å². The fourth-order valence-electron chi connectivity index (χ4n) is 3.02. The van der Waals surface area contributed by atoms with Gasteiger partial charge in [0, 0.05) is 18.7 Å². The van der Waals surface area contributed by atoms with Crippen molar-refractivity contribution in [1.29, 1.82) is 0 Å². The summed E-state index contributed by atoms with van der Waals surface area (Å²) in [5, 5.41) is 3.00. The topological polar surface area (TPSA) is 58.6 Å². The zero-order chi connectivity index (χ0) is 22.9. The molecule has 2 rings (SSSR count). The molecule has 0 spiro atoms. The average molecular weight is 436 g/mol. The molecule has 31 heavy (non-hydrogen) atoms. The van der Waals surface area contributed by atoms with Crippen LogP contribution in [0.25, 0.3) is 0 Å². The van der Waals surface area contributed by atoms with Crippen molar-refractivity contribution in [1.82, 2.24) is 10.2 Å². The summed E-state index contributed by atoms with van der Waals surface area (Å²) in [7, 11) is 0. The van der Waals surface area contributed by atoms with E-state index >= 15 is 0 Å². The molecule has 1 N–H and O–H groups in total. The van der Waals surface area contributed by atoms with Crippen LogP contribution >= 0.6 is 0 Å². The SMILES string of the molecule is CCCN(CC(=O)OCNCc1cccc(CC)c1)C(=O)c1cccc(C(F)(F)F)c1. The van der Waals surface area contributed by atoms with Crippen molar-refractivity contribution in [2.75, 3.05) is 19.8 Å². The van der Waals surface area contributed by atoms with Crippen LogP contribution in [0.3, 0.4) is 0 Å². The number of esters is 1. The first-order valence-corrected chi connectivity index (χ1v) is 10.1. The Hall–Kier alpha value is -2.87. The molecule has 2 aromatic carbocycles. The van der Waals surface area contributed by atoms with Gasteiger partial charge in [-0.2, -0.15) is 13.2 Å². The van der Waals surface area contributed by atoms with Gasteiger partial charge >= 0.3 is 12.1 Å². The molecule has 0 aromatic heterocycles. The van der Waals surface area contributed by atoms with Crippen LogP contribution in [-0.2, 0) is 28.7 Å². The summed E-state index contributed by atoms with van der Waals surface area (Å²) < 4.78 is 43.9. The summed E-state index contributed by atoms with van der Waals surface area (Å²) in [6.45, 7) is 4.24. The second-order valence-corrected chi connectivity index (χ2v) is 7.07. The van der Waals surface area contributed by atoms with Crippen LogP contribution < -0.4 is 5.32 Å². The summed E-state index contributed by atoms with van der Waals surface area (Å²) in [6, 6.07) is 12.2. The Kier molecular flexibility index (Phi) is 9.05. The van der Waals surface area contributed by atoms with Gasteiger partial charge in [0.25, 0.3) is 5.91 Å². The third kappa shape index (κ3) is 7.71. The summed E-state index contributed by atoms with van der Waals surface area (Å²) in [5.41, 5.74) is 1.24. The molecule has 1 amide bonds. The normalized spacial score (nSPS) is 11.3. The molecule has 0 fully saturated rings. The van der Waals surface area contributed by atoms with E-state index in [2.05, 4.69) is 18.3 Å². The van der Waals surface area contributed by atoms with Gasteiger partial charge in [-0.05, 0) is 42.2 Å². The number of benzene rings is 2. The molecule has 0 aliphatic rings. The molecule has 0 saturated carbocycles. The van der Waals surface area contributed by atoms with Gasteiger partial charge in [0.1, 0.15) is 13.3 Å². The maximum atomic E-state index is 12.9. The minimum absolute atomic E-state index is 0.0348. The fourth-order valence-corrected chi connectivity index (χ4v) is 3.02. The van der Waals surface area contributed by atoms with E-state index in [0.29, 0.717) is 13.0 Å². The van der Waals surface area contributed by atoms with Crippen LogP contribution in [0.5, 0.6) is 0 Å². The van der Waals surface area contributed by atoms with Crippen molar-refractivity contribution >= 4 is 11.9 Å². The Balaban J connectivity index is 1.90. The van der Waals surface area contributed by atoms with Gasteiger partial charge in [0.2, 0.25) is 0 Å². The van der Waals surface area contributed by atoms with Gasteiger partial charge < -0.3 is 9.64 Å². The predicted molar refractivity (Wildman–Crippen MR) is 111 cm³/mol. The summed E-state index contributed by atoms with van der Waals surface area (Å²) >= 11 is 0. The molecule has 0 saturated heterocycles. The van der Waals surface area contributed by atoms with Crippen molar-refractivity contribution in [3.63, 3.8) is 0 Å². The highest BCUT2D eigenvalue weighted by atomic mass is 19.4. The lowest BCUT2D eigenvalue weighted by molar-refractivity contribution is -0.145. The van der Waals surface area contributed by atoms with E-state index in [1.807, 2.05) is 25.1 Å². The third-order valence-electron chi connectivity index (χ3n) is 4.60. The first-order valence-electron chi connectivity index (χ1n) is 10.1. The van der Waals surface area contributed by atoms with E-state index in [1.54, 1.807) is 0 Å². The van der Waals surface area contributed by atoms with Crippen molar-refractivity contribution in [3.05, 3.63) is 70.8 Å². The molecule has 0 heterocycles. The van der Waals surface area contributed by atoms with Crippen LogP contribution in [0.15, 0.2) is 48.5 Å². The zero-order valence-electron chi connectivity index (χ0n) is 17.7. The van der Waals surface area contributed by atoms with Crippen LogP contribution in [0, 0.1) is 0 Å². The zero-order valence-corrected chi connectivity index (χ0v) is 17.7. The molecule has 0 unspecified atom stereocenters. The standard InChI is InChI=1S/C23H27F3N2O3/c1-3-11-28(22(30)19-9-6-10-20(13-19)23(24,25)26)15-21(29)31-16-27-14-18-8-5-7-17(4-2)12-18/h5-10,12-13,27H,3-4,11,14-16H2,1-2H3. The Morgan fingerprint density at radius 3 is 2.42 bits per heavy atom. The van der Waals surface area contributed by atoms with Gasteiger partial charge in [0.05, 0.1) is 5.56 Å². The van der Waals surface area contributed by atoms with E-state index in [4.69, 9.17) is 4.74 Å². The maximum absolute atomic E-state index is 12.9. The third-order valence-corrected chi connectivity index (χ3v) is 4.60. The fraction of sp³-hybridized carbons (Fsp3) is 0.391. The Labute approximate surface area is 180 Å². The van der Waals surface area contributed by atoms with Gasteiger partial charge in [0.15, 0.2) is 0 Å². The first kappa shape index (κ1) is 24.4. The number of ether oxygens (including phenoxy) is 1. The Bertz CT molecular complexity index is 884. The second-order valence-electron chi connectivity index (χ2n) is 7.07. The number of hydrogen-bond acceptors (Lipinski definition) is 4. The second kappa shape index (κ2) is 11.5. The number of carbonyl (C=O) groups is 2. The maximum Gasteiger partial charge on any atom is 0.416 e. The summed E-state index contributed by atoms with van der Waals surface area (Å²) in [5.74, 6) is -1.28. The van der Waals surface area contributed by atoms with Crippen LogP contribution in [-0.4, -0.2) is 36.6 Å². The lowest BCUT2D eigenvalue weighted by Gasteiger charge is -2.21. The summed E-state index contributed by atoms with van der Waals surface area (Å²) in [4.78, 5) is 26.0. The monoisotopic (exact) mass is 436 g/mol. The molecule has 0 atom stereocenters. The molecule has 0 aliphatic heterocycles. The smallest absolute Gasteiger partial charge is 0.416 e. The number of hydrogen-bond donors (Lipinski definition) is 1. The number of nitrogens with zero attached hydrogens (tertiary/aromatic N) is 1. The predicted octanol–water partition coefficient (Wildman–Crippen LogP) is 4.41. The molecule has 2 aromatic rings. The van der Waals surface area contributed by atoms with Crippen LogP contribution in [0.2, 0.25) is 0 Å². The van der Waals surface area contributed by atoms with Crippen LogP contribution in [0.1, 0.15) is 47.3 Å². The number of nitrogens with one attached hydrogen (secondary N) is 1. The van der Waals surface area contributed by atoms with Gasteiger partial charge in [-0.15, -0.1) is 0 Å². The van der Waals surface area contributed by atoms with Crippen molar-refractivity contribution in [2.45, 2.75) is 39.4 Å².